The molecule has 1 aromatic rings. The average Bonchev–Trinajstić information content (AvgIpc) is 2.15. The Labute approximate surface area is 78.0 Å². The van der Waals surface area contributed by atoms with Gasteiger partial charge in [0.05, 0.1) is 0 Å². The van der Waals surface area contributed by atoms with E-state index in [0.29, 0.717) is 5.56 Å². The van der Waals surface area contributed by atoms with E-state index in [1.165, 1.54) is 0 Å². The van der Waals surface area contributed by atoms with Gasteiger partial charge in [-0.2, -0.15) is 0 Å². The zero-order chi connectivity index (χ0) is 9.68. The summed E-state index contributed by atoms with van der Waals surface area (Å²) in [7, 11) is 0. The summed E-state index contributed by atoms with van der Waals surface area (Å²) >= 11 is 0. The van der Waals surface area contributed by atoms with Gasteiger partial charge in [0, 0.05) is 17.8 Å². The van der Waals surface area contributed by atoms with E-state index in [2.05, 4.69) is 11.9 Å². The highest BCUT2D eigenvalue weighted by atomic mass is 16.1. The van der Waals surface area contributed by atoms with Gasteiger partial charge < -0.3 is 10.7 Å². The van der Waals surface area contributed by atoms with Crippen LogP contribution in [0.5, 0.6) is 0 Å². The Bertz CT molecular complexity index is 306. The summed E-state index contributed by atoms with van der Waals surface area (Å²) in [6, 6.07) is 3.48. The average molecular weight is 180 g/mol. The molecule has 1 aromatic heterocycles. The molecule has 0 radical (unpaired) electrons. The first-order valence-corrected chi connectivity index (χ1v) is 4.69. The van der Waals surface area contributed by atoms with Gasteiger partial charge in [-0.25, -0.2) is 0 Å². The lowest BCUT2D eigenvalue weighted by Crippen LogP contribution is -2.21. The van der Waals surface area contributed by atoms with E-state index in [-0.39, 0.29) is 11.6 Å². The molecule has 13 heavy (non-hydrogen) atoms. The molecule has 0 bridgehead atoms. The minimum Gasteiger partial charge on any atom is -0.329 e. The highest BCUT2D eigenvalue weighted by molar-refractivity contribution is 5.13. The van der Waals surface area contributed by atoms with Crippen LogP contribution in [0.4, 0.5) is 0 Å². The van der Waals surface area contributed by atoms with Gasteiger partial charge in [0.25, 0.3) is 5.56 Å². The largest absolute Gasteiger partial charge is 0.329 e. The molecule has 1 heterocycles. The molecule has 0 spiro atoms. The first kappa shape index (κ1) is 9.99. The zero-order valence-electron chi connectivity index (χ0n) is 7.92. The van der Waals surface area contributed by atoms with Crippen LogP contribution in [0.2, 0.25) is 0 Å². The third-order valence-corrected chi connectivity index (χ3v) is 2.12. The lowest BCUT2D eigenvalue weighted by Gasteiger charge is -2.09. The van der Waals surface area contributed by atoms with Gasteiger partial charge in [-0.15, -0.1) is 0 Å². The summed E-state index contributed by atoms with van der Waals surface area (Å²) in [5.41, 5.74) is 6.49. The second kappa shape index (κ2) is 4.82. The molecule has 0 fully saturated rings. The fraction of sp³-hybridized carbons (Fsp3) is 0.500. The van der Waals surface area contributed by atoms with Crippen molar-refractivity contribution >= 4 is 0 Å². The van der Waals surface area contributed by atoms with Gasteiger partial charge >= 0.3 is 0 Å². The fourth-order valence-corrected chi connectivity index (χ4v) is 1.31. The Morgan fingerprint density at radius 2 is 2.38 bits per heavy atom. The number of unbranched alkanes of at least 4 members (excludes halogenated alkanes) is 1. The van der Waals surface area contributed by atoms with Crippen LogP contribution in [0.3, 0.4) is 0 Å². The molecule has 0 aliphatic carbocycles. The molecule has 0 amide bonds. The standard InChI is InChI=1S/C10H16N2O/c1-2-3-6-9(11)8-5-4-7-12-10(8)13/h4-5,7,9H,2-3,6,11H2,1H3,(H,12,13)/t9-/m1/s1. The second-order valence-corrected chi connectivity index (χ2v) is 3.20. The SMILES string of the molecule is CCCC[C@@H](N)c1ccc[nH]c1=O. The molecule has 0 saturated heterocycles. The van der Waals surface area contributed by atoms with Crippen LogP contribution >= 0.6 is 0 Å². The Morgan fingerprint density at radius 1 is 1.62 bits per heavy atom. The van der Waals surface area contributed by atoms with Crippen LogP contribution in [-0.2, 0) is 0 Å². The maximum Gasteiger partial charge on any atom is 0.252 e. The van der Waals surface area contributed by atoms with E-state index < -0.39 is 0 Å². The molecule has 3 heteroatoms. The topological polar surface area (TPSA) is 58.9 Å². The highest BCUT2D eigenvalue weighted by Crippen LogP contribution is 2.11. The maximum absolute atomic E-state index is 11.3. The molecule has 1 atom stereocenters. The van der Waals surface area contributed by atoms with Crippen molar-refractivity contribution in [3.05, 3.63) is 34.2 Å². The lowest BCUT2D eigenvalue weighted by atomic mass is 10.0. The molecule has 3 nitrogen and oxygen atoms in total. The Hall–Kier alpha value is -1.09. The Morgan fingerprint density at radius 3 is 3.00 bits per heavy atom. The summed E-state index contributed by atoms with van der Waals surface area (Å²) < 4.78 is 0. The van der Waals surface area contributed by atoms with Crippen molar-refractivity contribution in [3.63, 3.8) is 0 Å². The second-order valence-electron chi connectivity index (χ2n) is 3.20. The normalized spacial score (nSPS) is 12.8. The molecule has 0 saturated carbocycles. The molecule has 0 unspecified atom stereocenters. The van der Waals surface area contributed by atoms with Gasteiger partial charge in [0.2, 0.25) is 0 Å². The van der Waals surface area contributed by atoms with Gasteiger partial charge in [-0.05, 0) is 12.5 Å². The van der Waals surface area contributed by atoms with Crippen LogP contribution < -0.4 is 11.3 Å². The van der Waals surface area contributed by atoms with Crippen LogP contribution in [0, 0.1) is 0 Å². The van der Waals surface area contributed by atoms with Gasteiger partial charge in [-0.3, -0.25) is 4.79 Å². The lowest BCUT2D eigenvalue weighted by molar-refractivity contribution is 0.598. The number of hydrogen-bond donors (Lipinski definition) is 2. The number of aromatic amines is 1. The molecular weight excluding hydrogens is 164 g/mol. The molecule has 3 N–H and O–H groups in total. The molecule has 1 rings (SSSR count). The van der Waals surface area contributed by atoms with Gasteiger partial charge in [-0.1, -0.05) is 25.8 Å². The number of rotatable bonds is 4. The minimum atomic E-state index is -0.120. The summed E-state index contributed by atoms with van der Waals surface area (Å²) in [4.78, 5) is 13.9. The van der Waals surface area contributed by atoms with Crippen molar-refractivity contribution in [1.82, 2.24) is 4.98 Å². The number of nitrogens with two attached hydrogens (primary N) is 1. The summed E-state index contributed by atoms with van der Waals surface area (Å²) in [5.74, 6) is 0. The van der Waals surface area contributed by atoms with Crippen LogP contribution in [-0.4, -0.2) is 4.98 Å². The third-order valence-electron chi connectivity index (χ3n) is 2.12. The van der Waals surface area contributed by atoms with Crippen molar-refractivity contribution in [2.24, 2.45) is 5.73 Å². The van der Waals surface area contributed by atoms with Crippen molar-refractivity contribution < 1.29 is 0 Å². The number of H-pyrrole nitrogens is 1. The van der Waals surface area contributed by atoms with Crippen molar-refractivity contribution in [1.29, 1.82) is 0 Å². The predicted molar refractivity (Wildman–Crippen MR) is 53.5 cm³/mol. The van der Waals surface area contributed by atoms with Crippen molar-refractivity contribution in [3.8, 4) is 0 Å². The maximum atomic E-state index is 11.3. The van der Waals surface area contributed by atoms with E-state index in [1.807, 2.05) is 6.07 Å². The number of nitrogens with one attached hydrogen (secondary N) is 1. The van der Waals surface area contributed by atoms with E-state index >= 15 is 0 Å². The van der Waals surface area contributed by atoms with Crippen molar-refractivity contribution in [2.45, 2.75) is 32.2 Å². The van der Waals surface area contributed by atoms with E-state index in [4.69, 9.17) is 5.73 Å². The molecular formula is C10H16N2O. The van der Waals surface area contributed by atoms with Crippen molar-refractivity contribution in [2.75, 3.05) is 0 Å². The third kappa shape index (κ3) is 2.70. The smallest absolute Gasteiger partial charge is 0.252 e. The van der Waals surface area contributed by atoms with E-state index in [1.54, 1.807) is 12.3 Å². The zero-order valence-corrected chi connectivity index (χ0v) is 7.92. The molecule has 0 aromatic carbocycles. The van der Waals surface area contributed by atoms with E-state index in [0.717, 1.165) is 19.3 Å². The van der Waals surface area contributed by atoms with Gasteiger partial charge in [0.15, 0.2) is 0 Å². The number of pyridine rings is 1. The molecule has 0 aliphatic rings. The predicted octanol–water partition coefficient (Wildman–Crippen LogP) is 1.56. The number of hydrogen-bond acceptors (Lipinski definition) is 2. The van der Waals surface area contributed by atoms with Crippen LogP contribution in [0.15, 0.2) is 23.1 Å². The molecule has 72 valence electrons. The Kier molecular flexibility index (Phi) is 3.71. The summed E-state index contributed by atoms with van der Waals surface area (Å²) in [6.07, 6.45) is 4.68. The summed E-state index contributed by atoms with van der Waals surface area (Å²) in [6.45, 7) is 2.11. The summed E-state index contributed by atoms with van der Waals surface area (Å²) in [5, 5.41) is 0. The monoisotopic (exact) mass is 180 g/mol. The minimum absolute atomic E-state index is 0.0638. The first-order chi connectivity index (χ1) is 6.25. The number of aromatic nitrogens is 1. The quantitative estimate of drug-likeness (QED) is 0.738. The Balaban J connectivity index is 2.71. The highest BCUT2D eigenvalue weighted by Gasteiger charge is 2.07. The van der Waals surface area contributed by atoms with E-state index in [9.17, 15) is 4.79 Å². The first-order valence-electron chi connectivity index (χ1n) is 4.69. The van der Waals surface area contributed by atoms with Crippen LogP contribution in [0.1, 0.15) is 37.8 Å². The van der Waals surface area contributed by atoms with Gasteiger partial charge in [0.1, 0.15) is 0 Å². The van der Waals surface area contributed by atoms with Crippen LogP contribution in [0.25, 0.3) is 0 Å². The fourth-order valence-electron chi connectivity index (χ4n) is 1.31. The molecule has 0 aliphatic heterocycles.